The van der Waals surface area contributed by atoms with Crippen molar-refractivity contribution in [3.63, 3.8) is 0 Å². The van der Waals surface area contributed by atoms with Crippen molar-refractivity contribution in [3.05, 3.63) is 108 Å². The number of hydrogen-bond acceptors (Lipinski definition) is 3. The lowest BCUT2D eigenvalue weighted by Crippen LogP contribution is -2.12. The molecule has 0 fully saturated rings. The molecule has 1 N–H and O–H groups in total. The van der Waals surface area contributed by atoms with Gasteiger partial charge >= 0.3 is 0 Å². The number of nitrogens with one attached hydrogen (secondary N) is 1. The highest BCUT2D eigenvalue weighted by Crippen LogP contribution is 2.26. The minimum absolute atomic E-state index is 0.199. The third-order valence-corrected chi connectivity index (χ3v) is 4.63. The van der Waals surface area contributed by atoms with Gasteiger partial charge in [0.1, 0.15) is 11.6 Å². The Hall–Kier alpha value is -4.37. The summed E-state index contributed by atoms with van der Waals surface area (Å²) < 4.78 is 27.4. The van der Waals surface area contributed by atoms with E-state index in [1.54, 1.807) is 54.6 Å². The minimum Gasteiger partial charge on any atom is -0.322 e. The Kier molecular flexibility index (Phi) is 5.50. The van der Waals surface area contributed by atoms with Gasteiger partial charge in [-0.2, -0.15) is 5.26 Å². The van der Waals surface area contributed by atoms with Crippen LogP contribution in [0.1, 0.15) is 15.9 Å². The molecule has 0 aliphatic carbocycles. The van der Waals surface area contributed by atoms with Gasteiger partial charge in [0.05, 0.1) is 23.0 Å². The molecular weight excluding hydrogens is 396 g/mol. The Bertz CT molecular complexity index is 1330. The van der Waals surface area contributed by atoms with E-state index in [-0.39, 0.29) is 11.5 Å². The third-order valence-electron chi connectivity index (χ3n) is 4.63. The van der Waals surface area contributed by atoms with Crippen LogP contribution in [0.5, 0.6) is 0 Å². The lowest BCUT2D eigenvalue weighted by atomic mass is 10.1. The normalized spacial score (nSPS) is 10.4. The maximum absolute atomic E-state index is 14.1. The van der Waals surface area contributed by atoms with E-state index in [1.807, 2.05) is 12.1 Å². The molecule has 1 aromatic heterocycles. The number of carbonyl (C=O) groups excluding carboxylic acids is 1. The summed E-state index contributed by atoms with van der Waals surface area (Å²) >= 11 is 0. The summed E-state index contributed by atoms with van der Waals surface area (Å²) in [5, 5.41) is 11.8. The van der Waals surface area contributed by atoms with Crippen LogP contribution in [-0.2, 0) is 0 Å². The van der Waals surface area contributed by atoms with E-state index >= 15 is 0 Å². The summed E-state index contributed by atoms with van der Waals surface area (Å²) in [5.41, 5.74) is 3.18. The van der Waals surface area contributed by atoms with Crippen molar-refractivity contribution in [2.45, 2.75) is 0 Å². The number of halogens is 2. The highest BCUT2D eigenvalue weighted by atomic mass is 19.1. The molecule has 0 saturated carbocycles. The van der Waals surface area contributed by atoms with Crippen molar-refractivity contribution in [2.75, 3.05) is 5.32 Å². The zero-order valence-electron chi connectivity index (χ0n) is 16.1. The van der Waals surface area contributed by atoms with Crippen LogP contribution in [0, 0.1) is 23.0 Å². The topological polar surface area (TPSA) is 65.8 Å². The van der Waals surface area contributed by atoms with E-state index in [0.29, 0.717) is 33.8 Å². The minimum atomic E-state index is -0.690. The van der Waals surface area contributed by atoms with E-state index in [9.17, 15) is 13.6 Å². The summed E-state index contributed by atoms with van der Waals surface area (Å²) in [4.78, 5) is 17.0. The van der Waals surface area contributed by atoms with E-state index in [1.165, 1.54) is 18.2 Å². The highest BCUT2D eigenvalue weighted by Gasteiger charge is 2.11. The Labute approximate surface area is 177 Å². The van der Waals surface area contributed by atoms with Crippen LogP contribution < -0.4 is 5.32 Å². The lowest BCUT2D eigenvalue weighted by Gasteiger charge is -2.09. The number of rotatable bonds is 4. The molecule has 3 aromatic carbocycles. The highest BCUT2D eigenvalue weighted by molar-refractivity contribution is 6.04. The van der Waals surface area contributed by atoms with Gasteiger partial charge in [-0.1, -0.05) is 24.3 Å². The molecule has 0 radical (unpaired) electrons. The number of hydrogen-bond donors (Lipinski definition) is 1. The number of nitriles is 1. The first-order valence-electron chi connectivity index (χ1n) is 9.38. The molecule has 1 heterocycles. The zero-order chi connectivity index (χ0) is 21.8. The number of nitrogens with zero attached hydrogens (tertiary/aromatic N) is 2. The summed E-state index contributed by atoms with van der Waals surface area (Å²) in [6, 6.07) is 24.0. The second-order valence-corrected chi connectivity index (χ2v) is 6.76. The van der Waals surface area contributed by atoms with Crippen molar-refractivity contribution in [1.82, 2.24) is 4.98 Å². The van der Waals surface area contributed by atoms with Gasteiger partial charge in [0.25, 0.3) is 5.91 Å². The first-order valence-corrected chi connectivity index (χ1v) is 9.38. The maximum Gasteiger partial charge on any atom is 0.255 e. The van der Waals surface area contributed by atoms with Gasteiger partial charge in [0.15, 0.2) is 0 Å². The van der Waals surface area contributed by atoms with Gasteiger partial charge in [0, 0.05) is 28.4 Å². The molecule has 4 nitrogen and oxygen atoms in total. The monoisotopic (exact) mass is 411 g/mol. The number of carbonyl (C=O) groups is 1. The van der Waals surface area contributed by atoms with Gasteiger partial charge in [-0.25, -0.2) is 13.8 Å². The summed E-state index contributed by atoms with van der Waals surface area (Å²) in [5.74, 6) is -1.68. The van der Waals surface area contributed by atoms with Crippen LogP contribution in [0.15, 0.2) is 84.9 Å². The third kappa shape index (κ3) is 4.46. The van der Waals surface area contributed by atoms with Crippen molar-refractivity contribution < 1.29 is 13.6 Å². The Morgan fingerprint density at radius 1 is 0.871 bits per heavy atom. The van der Waals surface area contributed by atoms with E-state index in [4.69, 9.17) is 5.26 Å². The smallest absolute Gasteiger partial charge is 0.255 e. The fourth-order valence-corrected chi connectivity index (χ4v) is 3.13. The largest absolute Gasteiger partial charge is 0.322 e. The van der Waals surface area contributed by atoms with Crippen LogP contribution in [-0.4, -0.2) is 10.9 Å². The van der Waals surface area contributed by atoms with E-state index in [2.05, 4.69) is 10.3 Å². The van der Waals surface area contributed by atoms with E-state index < -0.39 is 11.6 Å². The maximum atomic E-state index is 14.1. The van der Waals surface area contributed by atoms with Gasteiger partial charge in [0.2, 0.25) is 0 Å². The van der Waals surface area contributed by atoms with Gasteiger partial charge in [-0.3, -0.25) is 4.79 Å². The summed E-state index contributed by atoms with van der Waals surface area (Å²) in [6.07, 6.45) is 0. The second-order valence-electron chi connectivity index (χ2n) is 6.76. The molecule has 0 spiro atoms. The molecule has 0 aliphatic rings. The van der Waals surface area contributed by atoms with Crippen LogP contribution in [0.2, 0.25) is 0 Å². The van der Waals surface area contributed by atoms with Gasteiger partial charge < -0.3 is 5.32 Å². The molecule has 4 aromatic rings. The molecule has 0 unspecified atom stereocenters. The van der Waals surface area contributed by atoms with Crippen LogP contribution in [0.25, 0.3) is 22.5 Å². The molecule has 1 amide bonds. The number of pyridine rings is 1. The predicted molar refractivity (Wildman–Crippen MR) is 114 cm³/mol. The molecular formula is C25H15F2N3O. The fraction of sp³-hybridized carbons (Fsp3) is 0. The number of benzene rings is 3. The van der Waals surface area contributed by atoms with Crippen LogP contribution in [0.4, 0.5) is 14.5 Å². The van der Waals surface area contributed by atoms with Gasteiger partial charge in [-0.15, -0.1) is 0 Å². The van der Waals surface area contributed by atoms with Crippen LogP contribution in [0.3, 0.4) is 0 Å². The molecule has 0 atom stereocenters. The molecule has 0 bridgehead atoms. The van der Waals surface area contributed by atoms with Crippen molar-refractivity contribution in [3.8, 4) is 28.6 Å². The number of aromatic nitrogens is 1. The van der Waals surface area contributed by atoms with Crippen LogP contribution >= 0.6 is 0 Å². The fourth-order valence-electron chi connectivity index (χ4n) is 3.13. The quantitative estimate of drug-likeness (QED) is 0.460. The van der Waals surface area contributed by atoms with Crippen molar-refractivity contribution >= 4 is 11.6 Å². The Morgan fingerprint density at radius 3 is 2.45 bits per heavy atom. The number of amides is 1. The Morgan fingerprint density at radius 2 is 1.65 bits per heavy atom. The summed E-state index contributed by atoms with van der Waals surface area (Å²) in [6.45, 7) is 0. The van der Waals surface area contributed by atoms with Gasteiger partial charge in [-0.05, 0) is 54.6 Å². The lowest BCUT2D eigenvalue weighted by molar-refractivity contribution is 0.102. The molecule has 31 heavy (non-hydrogen) atoms. The Balaban J connectivity index is 1.61. The van der Waals surface area contributed by atoms with E-state index in [0.717, 1.165) is 6.07 Å². The first kappa shape index (κ1) is 19.9. The zero-order valence-corrected chi connectivity index (χ0v) is 16.1. The number of anilines is 1. The second kappa shape index (κ2) is 8.56. The average molecular weight is 411 g/mol. The first-order chi connectivity index (χ1) is 15.0. The van der Waals surface area contributed by atoms with Crippen molar-refractivity contribution in [2.24, 2.45) is 0 Å². The molecule has 6 heteroatoms. The predicted octanol–water partition coefficient (Wildman–Crippen LogP) is 5.82. The standard InChI is InChI=1S/C25H15F2N3O/c26-19-10-11-21(22(27)14-19)24-9-3-8-23(30-24)17-5-2-7-20(13-17)29-25(31)18-6-1-4-16(12-18)15-28/h1-14H,(H,29,31). The molecule has 150 valence electrons. The SMILES string of the molecule is N#Cc1cccc(C(=O)Nc2cccc(-c3cccc(-c4ccc(F)cc4F)n3)c2)c1. The molecule has 4 rings (SSSR count). The average Bonchev–Trinajstić information content (AvgIpc) is 2.79. The summed E-state index contributed by atoms with van der Waals surface area (Å²) in [7, 11) is 0. The van der Waals surface area contributed by atoms with Crippen molar-refractivity contribution in [1.29, 1.82) is 5.26 Å². The molecule has 0 aliphatic heterocycles. The molecule has 0 saturated heterocycles.